The van der Waals surface area contributed by atoms with Crippen LogP contribution in [-0.2, 0) is 20.7 Å². The Morgan fingerprint density at radius 2 is 1.70 bits per heavy atom. The van der Waals surface area contributed by atoms with E-state index in [1.165, 1.54) is 17.0 Å². The molecule has 0 saturated carbocycles. The van der Waals surface area contributed by atoms with Crippen LogP contribution in [-0.4, -0.2) is 46.1 Å². The molecule has 0 spiro atoms. The minimum Gasteiger partial charge on any atom is -0.508 e. The summed E-state index contributed by atoms with van der Waals surface area (Å²) >= 11 is 6.45. The van der Waals surface area contributed by atoms with E-state index in [9.17, 15) is 19.5 Å². The lowest BCUT2D eigenvalue weighted by atomic mass is 9.98. The minimum atomic E-state index is -1.09. The number of rotatable bonds is 11. The summed E-state index contributed by atoms with van der Waals surface area (Å²) in [5.74, 6) is 1.70. The first kappa shape index (κ1) is 34.0. The van der Waals surface area contributed by atoms with E-state index in [0.717, 1.165) is 12.0 Å². The summed E-state index contributed by atoms with van der Waals surface area (Å²) in [7, 11) is 0. The number of nitrogens with one attached hydrogen (secondary N) is 2. The maximum absolute atomic E-state index is 14.5. The molecule has 0 aliphatic heterocycles. The first-order chi connectivity index (χ1) is 20.8. The number of anilines is 1. The first-order valence-corrected chi connectivity index (χ1v) is 14.9. The first-order valence-electron chi connectivity index (χ1n) is 14.5. The van der Waals surface area contributed by atoms with E-state index in [0.29, 0.717) is 33.8 Å². The number of aryl methyl sites for hydroxylation is 1. The molecule has 3 aromatic carbocycles. The topological polar surface area (TPSA) is 108 Å². The Bertz CT molecular complexity index is 1470. The number of alkyl carbamates (subject to hydrolysis) is 1. The highest BCUT2D eigenvalue weighted by Crippen LogP contribution is 2.30. The summed E-state index contributed by atoms with van der Waals surface area (Å²) in [5.41, 5.74) is 2.26. The summed E-state index contributed by atoms with van der Waals surface area (Å²) < 4.78 is 5.49. The second-order valence-corrected chi connectivity index (χ2v) is 12.0. The van der Waals surface area contributed by atoms with E-state index in [2.05, 4.69) is 16.6 Å². The Morgan fingerprint density at radius 1 is 1.05 bits per heavy atom. The van der Waals surface area contributed by atoms with Gasteiger partial charge in [0.25, 0.3) is 5.91 Å². The number of phenolic OH excluding ortho intramolecular Hbond substituents is 1. The van der Waals surface area contributed by atoms with Crippen molar-refractivity contribution in [3.05, 3.63) is 94.0 Å². The molecule has 0 heterocycles. The molecule has 0 saturated heterocycles. The minimum absolute atomic E-state index is 0.0725. The molecule has 8 nitrogen and oxygen atoms in total. The maximum atomic E-state index is 14.5. The molecule has 0 aliphatic carbocycles. The van der Waals surface area contributed by atoms with Crippen LogP contribution in [0.2, 0.25) is 5.02 Å². The second-order valence-electron chi connectivity index (χ2n) is 11.5. The average Bonchev–Trinajstić information content (AvgIpc) is 2.96. The number of phenols is 1. The van der Waals surface area contributed by atoms with E-state index in [-0.39, 0.29) is 18.7 Å². The van der Waals surface area contributed by atoms with Gasteiger partial charge in [-0.1, -0.05) is 67.3 Å². The van der Waals surface area contributed by atoms with Gasteiger partial charge in [-0.25, -0.2) is 4.79 Å². The zero-order valence-corrected chi connectivity index (χ0v) is 26.6. The van der Waals surface area contributed by atoms with E-state index in [1.807, 2.05) is 19.9 Å². The van der Waals surface area contributed by atoms with Gasteiger partial charge < -0.3 is 25.4 Å². The second kappa shape index (κ2) is 15.3. The third-order valence-electron chi connectivity index (χ3n) is 6.82. The molecular weight excluding hydrogens is 578 g/mol. The molecule has 0 aromatic heterocycles. The molecule has 0 bridgehead atoms. The average molecular weight is 618 g/mol. The number of carbonyl (C=O) groups is 3. The lowest BCUT2D eigenvalue weighted by Gasteiger charge is -2.35. The molecule has 2 unspecified atom stereocenters. The van der Waals surface area contributed by atoms with Crippen molar-refractivity contribution in [1.29, 1.82) is 0 Å². The van der Waals surface area contributed by atoms with Gasteiger partial charge in [0.1, 0.15) is 23.4 Å². The van der Waals surface area contributed by atoms with Crippen molar-refractivity contribution in [3.8, 4) is 18.1 Å². The van der Waals surface area contributed by atoms with Gasteiger partial charge in [-0.2, -0.15) is 0 Å². The van der Waals surface area contributed by atoms with Gasteiger partial charge in [0, 0.05) is 18.5 Å². The zero-order chi connectivity index (χ0) is 32.4. The van der Waals surface area contributed by atoms with Crippen LogP contribution in [0, 0.1) is 19.3 Å². The van der Waals surface area contributed by atoms with Crippen molar-refractivity contribution in [3.63, 3.8) is 0 Å². The Labute approximate surface area is 264 Å². The summed E-state index contributed by atoms with van der Waals surface area (Å²) in [6.07, 6.45) is 6.25. The molecule has 3 aromatic rings. The molecule has 9 heteroatoms. The number of terminal acetylenes is 1. The number of hydrogen-bond donors (Lipinski definition) is 3. The van der Waals surface area contributed by atoms with Crippen molar-refractivity contribution < 1.29 is 24.2 Å². The number of benzene rings is 3. The van der Waals surface area contributed by atoms with E-state index >= 15 is 0 Å². The highest BCUT2D eigenvalue weighted by molar-refractivity contribution is 6.34. The van der Waals surface area contributed by atoms with Crippen LogP contribution in [0.3, 0.4) is 0 Å². The molecule has 44 heavy (non-hydrogen) atoms. The van der Waals surface area contributed by atoms with Crippen molar-refractivity contribution >= 4 is 35.2 Å². The summed E-state index contributed by atoms with van der Waals surface area (Å²) in [6.45, 7) is 9.24. The maximum Gasteiger partial charge on any atom is 0.408 e. The number of amides is 3. The van der Waals surface area contributed by atoms with Gasteiger partial charge in [0.15, 0.2) is 0 Å². The largest absolute Gasteiger partial charge is 0.508 e. The van der Waals surface area contributed by atoms with Crippen molar-refractivity contribution in [1.82, 2.24) is 10.2 Å². The van der Waals surface area contributed by atoms with Crippen LogP contribution < -0.4 is 10.6 Å². The van der Waals surface area contributed by atoms with E-state index < -0.39 is 35.6 Å². The van der Waals surface area contributed by atoms with Gasteiger partial charge in [0.05, 0.1) is 10.7 Å². The van der Waals surface area contributed by atoms with Crippen LogP contribution in [0.4, 0.5) is 10.5 Å². The molecule has 3 amide bonds. The number of nitrogens with zero attached hydrogens (tertiary/aromatic N) is 1. The Balaban J connectivity index is 2.10. The normalized spacial score (nSPS) is 12.4. The van der Waals surface area contributed by atoms with Gasteiger partial charge in [-0.3, -0.25) is 9.59 Å². The molecule has 2 atom stereocenters. The molecule has 232 valence electrons. The number of unbranched alkanes of at least 4 members (excludes halogenated alkanes) is 1. The monoisotopic (exact) mass is 617 g/mol. The van der Waals surface area contributed by atoms with Crippen LogP contribution in [0.25, 0.3) is 0 Å². The molecule has 3 N–H and O–H groups in total. The van der Waals surface area contributed by atoms with Crippen LogP contribution in [0.1, 0.15) is 68.8 Å². The van der Waals surface area contributed by atoms with E-state index in [1.54, 1.807) is 69.3 Å². The number of hydrogen-bond acceptors (Lipinski definition) is 5. The molecular formula is C35H40ClN3O5. The third-order valence-corrected chi connectivity index (χ3v) is 7.14. The lowest BCUT2D eigenvalue weighted by molar-refractivity contribution is -0.140. The summed E-state index contributed by atoms with van der Waals surface area (Å²) in [4.78, 5) is 43.1. The number of halogens is 1. The van der Waals surface area contributed by atoms with Crippen molar-refractivity contribution in [2.75, 3.05) is 11.9 Å². The quantitative estimate of drug-likeness (QED) is 0.206. The predicted molar refractivity (Wildman–Crippen MR) is 174 cm³/mol. The summed E-state index contributed by atoms with van der Waals surface area (Å²) in [6, 6.07) is 16.4. The Morgan fingerprint density at radius 3 is 2.27 bits per heavy atom. The van der Waals surface area contributed by atoms with Crippen LogP contribution in [0.5, 0.6) is 5.75 Å². The fraction of sp³-hybridized carbons (Fsp3) is 0.343. The Kier molecular flexibility index (Phi) is 11.8. The zero-order valence-electron chi connectivity index (χ0n) is 25.8. The smallest absolute Gasteiger partial charge is 0.408 e. The number of para-hydroxylation sites is 1. The number of ether oxygens (including phenoxy) is 1. The SMILES string of the molecule is C#Cc1ccc(C(C(=O)Nc2c(C)cccc2Cl)N(CCCC)C(=O)C(Cc2ccc(O)cc2)NC(=O)OC(C)(C)C)cc1. The Hall–Kier alpha value is -4.48. The van der Waals surface area contributed by atoms with Gasteiger partial charge in [-0.05, 0) is 81.1 Å². The van der Waals surface area contributed by atoms with Crippen molar-refractivity contribution in [2.45, 2.75) is 71.6 Å². The van der Waals surface area contributed by atoms with Crippen LogP contribution in [0.15, 0.2) is 66.7 Å². The van der Waals surface area contributed by atoms with Gasteiger partial charge in [0.2, 0.25) is 5.91 Å². The molecule has 3 rings (SSSR count). The number of aromatic hydroxyl groups is 1. The molecule has 0 radical (unpaired) electrons. The highest BCUT2D eigenvalue weighted by atomic mass is 35.5. The standard InChI is InChI=1S/C35H40ClN3O5/c1-7-9-21-39(33(42)29(37-34(43)44-35(4,5)6)22-25-15-19-27(40)20-16-25)31(26-17-13-24(8-2)14-18-26)32(41)38-30-23(3)11-10-12-28(30)36/h2,10-20,29,31,40H,7,9,21-22H2,1,3-6H3,(H,37,43)(H,38,41). The molecule has 0 fully saturated rings. The summed E-state index contributed by atoms with van der Waals surface area (Å²) in [5, 5.41) is 15.8. The van der Waals surface area contributed by atoms with Gasteiger partial charge >= 0.3 is 6.09 Å². The molecule has 0 aliphatic rings. The van der Waals surface area contributed by atoms with Crippen LogP contribution >= 0.6 is 11.6 Å². The predicted octanol–water partition coefficient (Wildman–Crippen LogP) is 6.78. The fourth-order valence-corrected chi connectivity index (χ4v) is 4.90. The van der Waals surface area contributed by atoms with E-state index in [4.69, 9.17) is 22.8 Å². The van der Waals surface area contributed by atoms with Crippen molar-refractivity contribution in [2.24, 2.45) is 0 Å². The third kappa shape index (κ3) is 9.51. The fourth-order valence-electron chi connectivity index (χ4n) is 4.63. The van der Waals surface area contributed by atoms with Gasteiger partial charge in [-0.15, -0.1) is 6.42 Å². The highest BCUT2D eigenvalue weighted by Gasteiger charge is 2.36. The lowest BCUT2D eigenvalue weighted by Crippen LogP contribution is -2.53. The number of carbonyl (C=O) groups excluding carboxylic acids is 3.